The van der Waals surface area contributed by atoms with Gasteiger partial charge in [-0.05, 0) is 54.6 Å². The number of rotatable bonds is 8. The zero-order valence-corrected chi connectivity index (χ0v) is 15.8. The summed E-state index contributed by atoms with van der Waals surface area (Å²) in [6, 6.07) is 3.02. The van der Waals surface area contributed by atoms with E-state index in [1.165, 1.54) is 6.07 Å². The third-order valence-corrected chi connectivity index (χ3v) is 6.53. The topological polar surface area (TPSA) is 110 Å². The number of carbonyl (C=O) groups excluding carboxylic acids is 1. The second kappa shape index (κ2) is 7.37. The number of aromatic hydroxyl groups is 2. The van der Waals surface area contributed by atoms with Crippen molar-refractivity contribution in [1.82, 2.24) is 0 Å². The lowest BCUT2D eigenvalue weighted by Gasteiger charge is -2.59. The molecule has 0 unspecified atom stereocenters. The maximum absolute atomic E-state index is 12.5. The van der Waals surface area contributed by atoms with Crippen molar-refractivity contribution < 1.29 is 24.9 Å². The molecule has 3 saturated carbocycles. The van der Waals surface area contributed by atoms with Crippen molar-refractivity contribution in [3.8, 4) is 11.5 Å². The molecule has 3 aliphatic rings. The Bertz CT molecular complexity index is 744. The summed E-state index contributed by atoms with van der Waals surface area (Å²) < 4.78 is 0. The van der Waals surface area contributed by atoms with Crippen LogP contribution in [0.25, 0.3) is 0 Å². The number of carbonyl (C=O) groups is 1. The molecule has 27 heavy (non-hydrogen) atoms. The number of hydrogen-bond donors (Lipinski definition) is 2. The first kappa shape index (κ1) is 19.5. The summed E-state index contributed by atoms with van der Waals surface area (Å²) in [6.07, 6.45) is 4.02. The fourth-order valence-corrected chi connectivity index (χ4v) is 5.04. The number of unbranched alkanes of at least 4 members (excludes halogenated alkanes) is 2. The zero-order valence-electron chi connectivity index (χ0n) is 15.8. The van der Waals surface area contributed by atoms with Crippen molar-refractivity contribution in [2.24, 2.45) is 17.3 Å². The second-order valence-electron chi connectivity index (χ2n) is 8.40. The number of fused-ring (bicyclic) bond motifs is 2. The van der Waals surface area contributed by atoms with Gasteiger partial charge in [0.05, 0.1) is 6.61 Å². The largest absolute Gasteiger partial charge is 0.508 e. The van der Waals surface area contributed by atoms with E-state index in [9.17, 15) is 25.1 Å². The molecule has 2 bridgehead atoms. The predicted octanol–water partition coefficient (Wildman–Crippen LogP) is 3.74. The van der Waals surface area contributed by atoms with E-state index < -0.39 is 5.09 Å². The zero-order chi connectivity index (χ0) is 19.8. The highest BCUT2D eigenvalue weighted by atomic mass is 16.9. The molecule has 0 spiro atoms. The van der Waals surface area contributed by atoms with E-state index in [-0.39, 0.29) is 41.1 Å². The van der Waals surface area contributed by atoms with Crippen LogP contribution in [0.1, 0.15) is 63.0 Å². The first-order chi connectivity index (χ1) is 12.7. The molecule has 4 rings (SSSR count). The van der Waals surface area contributed by atoms with Crippen molar-refractivity contribution in [3.63, 3.8) is 0 Å². The predicted molar refractivity (Wildman–Crippen MR) is 98.0 cm³/mol. The van der Waals surface area contributed by atoms with Crippen LogP contribution in [0.2, 0.25) is 0 Å². The smallest absolute Gasteiger partial charge is 0.294 e. The molecule has 0 amide bonds. The van der Waals surface area contributed by atoms with Crippen LogP contribution in [-0.4, -0.2) is 27.7 Å². The molecule has 7 heteroatoms. The SMILES string of the molecule is CC1(C)[C@@H]2C[C@H]1C(=O)C[C@H]2c1c(O)cc(O)cc1CCCCCO[N+](=O)[O-]. The third-order valence-electron chi connectivity index (χ3n) is 6.53. The minimum atomic E-state index is -0.793. The molecule has 3 atom stereocenters. The molecular formula is C20H27NO6. The molecule has 3 fully saturated rings. The molecule has 1 aromatic carbocycles. The highest BCUT2D eigenvalue weighted by Gasteiger charge is 2.59. The van der Waals surface area contributed by atoms with Crippen LogP contribution in [0.15, 0.2) is 12.1 Å². The molecule has 0 radical (unpaired) electrons. The molecule has 1 aromatic rings. The molecule has 3 aliphatic carbocycles. The van der Waals surface area contributed by atoms with E-state index in [1.807, 2.05) is 0 Å². The standard InChI is InChI=1S/C20H27NO6/c1-20(2)15-11-16(20)17(23)10-14(15)19-12(8-13(22)9-18(19)24)6-4-3-5-7-27-21(25)26/h8-9,14-16,22,24H,3-7,10-11H2,1-2H3/t14-,15-,16+/m1/s1. The minimum absolute atomic E-state index is 0.0100. The van der Waals surface area contributed by atoms with Crippen molar-refractivity contribution >= 4 is 5.78 Å². The molecule has 2 N–H and O–H groups in total. The number of benzene rings is 1. The summed E-state index contributed by atoms with van der Waals surface area (Å²) in [4.78, 5) is 27.0. The first-order valence-corrected chi connectivity index (χ1v) is 9.56. The molecule has 0 aliphatic heterocycles. The Labute approximate surface area is 158 Å². The van der Waals surface area contributed by atoms with E-state index in [2.05, 4.69) is 18.7 Å². The lowest BCUT2D eigenvalue weighted by Crippen LogP contribution is -2.56. The molecule has 0 heterocycles. The summed E-state index contributed by atoms with van der Waals surface area (Å²) >= 11 is 0. The van der Waals surface area contributed by atoms with Gasteiger partial charge in [-0.15, -0.1) is 10.1 Å². The molecular weight excluding hydrogens is 350 g/mol. The number of hydrogen-bond acceptors (Lipinski definition) is 6. The van der Waals surface area contributed by atoms with Crippen LogP contribution in [0.4, 0.5) is 0 Å². The number of phenolic OH excluding ortho intramolecular Hbond substituents is 2. The Kier molecular flexibility index (Phi) is 5.31. The summed E-state index contributed by atoms with van der Waals surface area (Å²) in [7, 11) is 0. The van der Waals surface area contributed by atoms with E-state index in [0.29, 0.717) is 25.2 Å². The number of phenols is 2. The van der Waals surface area contributed by atoms with Crippen LogP contribution in [0.5, 0.6) is 11.5 Å². The fraction of sp³-hybridized carbons (Fsp3) is 0.650. The van der Waals surface area contributed by atoms with Crippen LogP contribution in [0, 0.1) is 27.4 Å². The molecule has 0 aromatic heterocycles. The highest BCUT2D eigenvalue weighted by molar-refractivity contribution is 5.86. The van der Waals surface area contributed by atoms with Gasteiger partial charge in [-0.3, -0.25) is 4.79 Å². The van der Waals surface area contributed by atoms with Crippen LogP contribution in [-0.2, 0) is 16.1 Å². The van der Waals surface area contributed by atoms with Gasteiger partial charge in [-0.1, -0.05) is 20.3 Å². The summed E-state index contributed by atoms with van der Waals surface area (Å²) in [5.41, 5.74) is 1.60. The average Bonchev–Trinajstić information content (AvgIpc) is 2.56. The molecule has 148 valence electrons. The van der Waals surface area contributed by atoms with Gasteiger partial charge in [-0.2, -0.15) is 0 Å². The van der Waals surface area contributed by atoms with Gasteiger partial charge in [-0.25, -0.2) is 0 Å². The minimum Gasteiger partial charge on any atom is -0.508 e. The fourth-order valence-electron chi connectivity index (χ4n) is 5.04. The Morgan fingerprint density at radius 2 is 2.00 bits per heavy atom. The Hall–Kier alpha value is -2.31. The Balaban J connectivity index is 1.73. The number of aryl methyl sites for hydroxylation is 1. The first-order valence-electron chi connectivity index (χ1n) is 9.56. The number of nitrogens with zero attached hydrogens (tertiary/aromatic N) is 1. The van der Waals surface area contributed by atoms with Gasteiger partial charge < -0.3 is 15.1 Å². The van der Waals surface area contributed by atoms with Gasteiger partial charge in [0, 0.05) is 24.0 Å². The lowest BCUT2D eigenvalue weighted by atomic mass is 9.44. The van der Waals surface area contributed by atoms with Crippen molar-refractivity contribution in [2.45, 2.75) is 58.3 Å². The Morgan fingerprint density at radius 1 is 1.26 bits per heavy atom. The van der Waals surface area contributed by atoms with Crippen LogP contribution >= 0.6 is 0 Å². The van der Waals surface area contributed by atoms with Crippen LogP contribution < -0.4 is 0 Å². The maximum atomic E-state index is 12.5. The highest BCUT2D eigenvalue weighted by Crippen LogP contribution is 2.63. The van der Waals surface area contributed by atoms with Crippen LogP contribution in [0.3, 0.4) is 0 Å². The van der Waals surface area contributed by atoms with Gasteiger partial charge in [0.25, 0.3) is 5.09 Å². The molecule has 0 saturated heterocycles. The Morgan fingerprint density at radius 3 is 2.63 bits per heavy atom. The van der Waals surface area contributed by atoms with E-state index in [4.69, 9.17) is 0 Å². The summed E-state index contributed by atoms with van der Waals surface area (Å²) in [5, 5.41) is 29.8. The maximum Gasteiger partial charge on any atom is 0.294 e. The normalized spacial score (nSPS) is 25.7. The van der Waals surface area contributed by atoms with Crippen molar-refractivity contribution in [1.29, 1.82) is 0 Å². The second-order valence-corrected chi connectivity index (χ2v) is 8.40. The number of Topliss-reactive ketones (excluding diaryl/α,β-unsaturated/α-hetero) is 1. The van der Waals surface area contributed by atoms with Gasteiger partial charge >= 0.3 is 0 Å². The quantitative estimate of drug-likeness (QED) is 0.406. The third kappa shape index (κ3) is 3.73. The summed E-state index contributed by atoms with van der Waals surface area (Å²) in [6.45, 7) is 4.32. The van der Waals surface area contributed by atoms with E-state index in [0.717, 1.165) is 30.4 Å². The summed E-state index contributed by atoms with van der Waals surface area (Å²) in [5.74, 6) is 0.788. The van der Waals surface area contributed by atoms with Gasteiger partial charge in [0.2, 0.25) is 0 Å². The lowest BCUT2D eigenvalue weighted by molar-refractivity contribution is -0.757. The van der Waals surface area contributed by atoms with E-state index in [1.54, 1.807) is 6.07 Å². The average molecular weight is 377 g/mol. The van der Waals surface area contributed by atoms with Gasteiger partial charge in [0.15, 0.2) is 0 Å². The van der Waals surface area contributed by atoms with Crippen molar-refractivity contribution in [3.05, 3.63) is 33.4 Å². The monoisotopic (exact) mass is 377 g/mol. The van der Waals surface area contributed by atoms with Crippen molar-refractivity contribution in [2.75, 3.05) is 6.61 Å². The number of ketones is 1. The van der Waals surface area contributed by atoms with Gasteiger partial charge in [0.1, 0.15) is 17.3 Å². The molecule has 7 nitrogen and oxygen atoms in total. The van der Waals surface area contributed by atoms with E-state index >= 15 is 0 Å².